The van der Waals surface area contributed by atoms with Gasteiger partial charge in [0.15, 0.2) is 0 Å². The molecule has 0 saturated heterocycles. The van der Waals surface area contributed by atoms with Gasteiger partial charge in [-0.3, -0.25) is 4.98 Å². The zero-order valence-electron chi connectivity index (χ0n) is 42.2. The Hall–Kier alpha value is -6.03. The van der Waals surface area contributed by atoms with E-state index in [0.29, 0.717) is 28.5 Å². The van der Waals surface area contributed by atoms with E-state index in [0.717, 1.165) is 49.7 Å². The summed E-state index contributed by atoms with van der Waals surface area (Å²) in [6, 6.07) is 43.8. The van der Waals surface area contributed by atoms with Crippen molar-refractivity contribution in [2.75, 3.05) is 0 Å². The van der Waals surface area contributed by atoms with Crippen molar-refractivity contribution in [3.05, 3.63) is 179 Å². The number of hydrogen-bond acceptors (Lipinski definition) is 3. The number of hydrogen-bond donors (Lipinski definition) is 0. The number of pyridine rings is 1. The zero-order chi connectivity index (χ0) is 47.8. The minimum atomic E-state index is -2.63. The minimum absolute atomic E-state index is 0. The maximum atomic E-state index is 8.54. The first-order chi connectivity index (χ1) is 31.6. The van der Waals surface area contributed by atoms with E-state index in [1.165, 1.54) is 29.3 Å². The number of aromatic nitrogens is 4. The van der Waals surface area contributed by atoms with Crippen LogP contribution in [0, 0.1) is 39.7 Å². The largest absolute Gasteiger partial charge is 2.00 e. The molecule has 0 atom stereocenters. The molecule has 9 rings (SSSR count). The van der Waals surface area contributed by atoms with Crippen molar-refractivity contribution < 1.29 is 34.0 Å². The van der Waals surface area contributed by atoms with Gasteiger partial charge in [-0.25, -0.2) is 4.98 Å². The van der Waals surface area contributed by atoms with Gasteiger partial charge in [-0.1, -0.05) is 138 Å². The molecule has 62 heavy (non-hydrogen) atoms. The SMILES string of the molecule is [2H]C([2H])([2H])c1cccc(C([2H])([2H])[2H])c1-c1cc(Oc2[c-]c3c(cc2)c2ccccc2n3-c2cc(-c3ccccc3C(C)(C)C)ccn2)[c-]c(-c2nccn2-c2c(C)cc(C(C)(C)C)cc2C)c1.[Pt+2]. The number of rotatable bonds is 7. The molecule has 0 aliphatic rings. The summed E-state index contributed by atoms with van der Waals surface area (Å²) < 4.78 is 62.1. The monoisotopic (exact) mass is 997 g/mol. The first kappa shape index (κ1) is 35.6. The maximum absolute atomic E-state index is 8.54. The van der Waals surface area contributed by atoms with E-state index in [4.69, 9.17) is 22.9 Å². The normalized spacial score (nSPS) is 13.7. The molecule has 0 aliphatic carbocycles. The summed E-state index contributed by atoms with van der Waals surface area (Å²) in [5.41, 5.74) is 9.89. The van der Waals surface area contributed by atoms with Gasteiger partial charge in [-0.2, -0.15) is 6.07 Å². The predicted octanol–water partition coefficient (Wildman–Crippen LogP) is 14.6. The number of fused-ring (bicyclic) bond motifs is 3. The molecule has 0 N–H and O–H groups in total. The van der Waals surface area contributed by atoms with E-state index < -0.39 is 13.7 Å². The Labute approximate surface area is 389 Å². The summed E-state index contributed by atoms with van der Waals surface area (Å²) in [5, 5.41) is 1.97. The molecule has 3 aromatic heterocycles. The summed E-state index contributed by atoms with van der Waals surface area (Å²) in [4.78, 5) is 9.75. The van der Waals surface area contributed by atoms with Crippen molar-refractivity contribution in [1.82, 2.24) is 19.1 Å². The van der Waals surface area contributed by atoms with Crippen LogP contribution >= 0.6 is 0 Å². The fraction of sp³-hybridized carbons (Fsp3) is 0.214. The standard InChI is InChI=1S/C56H52N4O.Pt/c1-35-16-15-17-36(2)52(35)40-30-41(54-58-26-27-59(54)53-37(3)28-42(29-38(53)4)55(5,6)7)32-44(31-40)61-43-22-23-47-46-19-12-14-21-49(46)60(50(47)34-43)51-33-39(24-25-57-51)45-18-11-13-20-48(45)56(8,9)10;/h11-31,33H,1-10H3;/q-2;+2/i1D3,2D3;. The third-order valence-corrected chi connectivity index (χ3v) is 11.5. The van der Waals surface area contributed by atoms with E-state index in [1.807, 2.05) is 47.3 Å². The van der Waals surface area contributed by atoms with Crippen LogP contribution in [0.4, 0.5) is 0 Å². The number of nitrogens with zero attached hydrogens (tertiary/aromatic N) is 4. The second-order valence-electron chi connectivity index (χ2n) is 17.9. The smallest absolute Gasteiger partial charge is 0.503 e. The Balaban J connectivity index is 0.00000625. The Bertz CT molecular complexity index is 3310. The first-order valence-corrected chi connectivity index (χ1v) is 20.6. The van der Waals surface area contributed by atoms with Crippen LogP contribution in [0.2, 0.25) is 0 Å². The van der Waals surface area contributed by atoms with E-state index in [-0.39, 0.29) is 54.3 Å². The van der Waals surface area contributed by atoms with Crippen molar-refractivity contribution in [3.8, 4) is 56.6 Å². The maximum Gasteiger partial charge on any atom is 2.00 e. The summed E-state index contributed by atoms with van der Waals surface area (Å²) in [6.07, 6.45) is 5.43. The van der Waals surface area contributed by atoms with E-state index in [1.54, 1.807) is 18.3 Å². The topological polar surface area (TPSA) is 44.9 Å². The number of aryl methyl sites for hydroxylation is 4. The third-order valence-electron chi connectivity index (χ3n) is 11.5. The average molecular weight is 998 g/mol. The molecule has 3 heterocycles. The molecule has 6 aromatic carbocycles. The van der Waals surface area contributed by atoms with Crippen LogP contribution in [-0.4, -0.2) is 19.1 Å². The average Bonchev–Trinajstić information content (AvgIpc) is 3.87. The van der Waals surface area contributed by atoms with Gasteiger partial charge < -0.3 is 13.9 Å². The number of benzene rings is 6. The fourth-order valence-corrected chi connectivity index (χ4v) is 8.57. The van der Waals surface area contributed by atoms with Crippen molar-refractivity contribution in [2.24, 2.45) is 0 Å². The van der Waals surface area contributed by atoms with Crippen LogP contribution in [0.15, 0.2) is 134 Å². The van der Waals surface area contributed by atoms with Gasteiger partial charge in [-0.05, 0) is 112 Å². The Kier molecular flexibility index (Phi) is 9.37. The second-order valence-corrected chi connectivity index (χ2v) is 17.9. The summed E-state index contributed by atoms with van der Waals surface area (Å²) in [5.74, 6) is 1.80. The molecule has 0 saturated carbocycles. The molecule has 0 fully saturated rings. The molecule has 5 nitrogen and oxygen atoms in total. The van der Waals surface area contributed by atoms with Crippen molar-refractivity contribution in [2.45, 2.75) is 79.9 Å². The minimum Gasteiger partial charge on any atom is -0.503 e. The molecule has 0 radical (unpaired) electrons. The third kappa shape index (κ3) is 7.84. The molecular formula is C56H52N4OPt. The summed E-state index contributed by atoms with van der Waals surface area (Å²) in [7, 11) is 0. The fourth-order valence-electron chi connectivity index (χ4n) is 8.57. The van der Waals surface area contributed by atoms with E-state index >= 15 is 0 Å². The van der Waals surface area contributed by atoms with Crippen molar-refractivity contribution in [3.63, 3.8) is 0 Å². The van der Waals surface area contributed by atoms with E-state index in [2.05, 4.69) is 127 Å². The number of imidazole rings is 1. The molecule has 312 valence electrons. The molecule has 0 amide bonds. The quantitative estimate of drug-likeness (QED) is 0.149. The van der Waals surface area contributed by atoms with Gasteiger partial charge in [0.1, 0.15) is 5.82 Å². The van der Waals surface area contributed by atoms with Crippen LogP contribution in [-0.2, 0) is 31.9 Å². The van der Waals surface area contributed by atoms with Gasteiger partial charge in [-0.15, -0.1) is 29.1 Å². The first-order valence-electron chi connectivity index (χ1n) is 23.6. The zero-order valence-corrected chi connectivity index (χ0v) is 38.5. The Morgan fingerprint density at radius 3 is 2.08 bits per heavy atom. The van der Waals surface area contributed by atoms with E-state index in [9.17, 15) is 0 Å². The van der Waals surface area contributed by atoms with Crippen LogP contribution in [0.1, 0.15) is 83.1 Å². The van der Waals surface area contributed by atoms with Gasteiger partial charge in [0.2, 0.25) is 0 Å². The molecule has 0 bridgehead atoms. The second kappa shape index (κ2) is 16.3. The van der Waals surface area contributed by atoms with Crippen molar-refractivity contribution >= 4 is 21.8 Å². The van der Waals surface area contributed by atoms with Crippen LogP contribution in [0.3, 0.4) is 0 Å². The van der Waals surface area contributed by atoms with Gasteiger partial charge >= 0.3 is 21.1 Å². The predicted molar refractivity (Wildman–Crippen MR) is 253 cm³/mol. The summed E-state index contributed by atoms with van der Waals surface area (Å²) in [6.45, 7) is 12.1. The Morgan fingerprint density at radius 2 is 1.35 bits per heavy atom. The molecular weight excluding hydrogens is 940 g/mol. The molecule has 0 aliphatic heterocycles. The van der Waals surface area contributed by atoms with Crippen LogP contribution < -0.4 is 4.74 Å². The molecule has 0 unspecified atom stereocenters. The van der Waals surface area contributed by atoms with Crippen LogP contribution in [0.5, 0.6) is 11.5 Å². The van der Waals surface area contributed by atoms with Gasteiger partial charge in [0.05, 0.1) is 5.82 Å². The van der Waals surface area contributed by atoms with Crippen molar-refractivity contribution in [1.29, 1.82) is 0 Å². The van der Waals surface area contributed by atoms with Gasteiger partial charge in [0, 0.05) is 49.5 Å². The summed E-state index contributed by atoms with van der Waals surface area (Å²) >= 11 is 0. The molecule has 9 aromatic rings. The molecule has 6 heteroatoms. The molecule has 0 spiro atoms. The number of para-hydroxylation sites is 1. The Morgan fingerprint density at radius 1 is 0.629 bits per heavy atom. The number of ether oxygens (including phenoxy) is 1. The van der Waals surface area contributed by atoms with Crippen LogP contribution in [0.25, 0.3) is 67.0 Å². The van der Waals surface area contributed by atoms with Gasteiger partial charge in [0.25, 0.3) is 0 Å².